The van der Waals surface area contributed by atoms with Crippen LogP contribution < -0.4 is 0 Å². The fraction of sp³-hybridized carbons (Fsp3) is 0.400. The van der Waals surface area contributed by atoms with Crippen molar-refractivity contribution in [2.75, 3.05) is 0 Å². The summed E-state index contributed by atoms with van der Waals surface area (Å²) in [5.74, 6) is -0.840. The molecule has 0 aliphatic rings. The summed E-state index contributed by atoms with van der Waals surface area (Å²) < 4.78 is 0. The van der Waals surface area contributed by atoms with Gasteiger partial charge in [0.2, 0.25) is 0 Å². The molecule has 0 unspecified atom stereocenters. The first-order valence-electron chi connectivity index (χ1n) is 5.89. The Balaban J connectivity index is 3.00. The highest BCUT2D eigenvalue weighted by atomic mass is 16.4. The van der Waals surface area contributed by atoms with Gasteiger partial charge in [0, 0.05) is 5.57 Å². The van der Waals surface area contributed by atoms with Gasteiger partial charge in [0.05, 0.1) is 0 Å². The summed E-state index contributed by atoms with van der Waals surface area (Å²) >= 11 is 0. The van der Waals surface area contributed by atoms with Crippen LogP contribution in [0.25, 0.3) is 6.08 Å². The van der Waals surface area contributed by atoms with E-state index in [-0.39, 0.29) is 5.41 Å². The molecule has 0 aliphatic carbocycles. The van der Waals surface area contributed by atoms with Crippen LogP contribution in [0.4, 0.5) is 0 Å². The van der Waals surface area contributed by atoms with Crippen molar-refractivity contribution in [2.24, 2.45) is 0 Å². The molecule has 0 atom stereocenters. The van der Waals surface area contributed by atoms with E-state index in [1.807, 2.05) is 19.1 Å². The van der Waals surface area contributed by atoms with E-state index in [0.717, 1.165) is 5.56 Å². The molecule has 1 N–H and O–H groups in total. The molecule has 0 bridgehead atoms. The van der Waals surface area contributed by atoms with Crippen molar-refractivity contribution in [2.45, 2.75) is 39.5 Å². The average molecular weight is 232 g/mol. The Morgan fingerprint density at radius 3 is 2.12 bits per heavy atom. The molecule has 1 aromatic rings. The second-order valence-corrected chi connectivity index (χ2v) is 5.20. The number of aliphatic carboxylic acids is 1. The molecule has 92 valence electrons. The zero-order chi connectivity index (χ0) is 13.1. The van der Waals surface area contributed by atoms with Crippen molar-refractivity contribution in [3.8, 4) is 0 Å². The first-order valence-corrected chi connectivity index (χ1v) is 5.89. The van der Waals surface area contributed by atoms with E-state index in [0.29, 0.717) is 12.0 Å². The minimum Gasteiger partial charge on any atom is -0.478 e. The number of rotatable bonds is 3. The number of hydrogen-bond donors (Lipinski definition) is 1. The van der Waals surface area contributed by atoms with Gasteiger partial charge in [-0.15, -0.1) is 0 Å². The number of hydrogen-bond acceptors (Lipinski definition) is 1. The lowest BCUT2D eigenvalue weighted by Gasteiger charge is -2.18. The molecule has 0 saturated carbocycles. The van der Waals surface area contributed by atoms with Crippen LogP contribution in [0.2, 0.25) is 0 Å². The molecule has 0 aliphatic heterocycles. The maximum atomic E-state index is 10.9. The van der Waals surface area contributed by atoms with Crippen molar-refractivity contribution >= 4 is 12.0 Å². The molecule has 0 saturated heterocycles. The molecule has 2 nitrogen and oxygen atoms in total. The molecule has 1 rings (SSSR count). The third kappa shape index (κ3) is 3.74. The van der Waals surface area contributed by atoms with Gasteiger partial charge >= 0.3 is 5.97 Å². The lowest BCUT2D eigenvalue weighted by molar-refractivity contribution is -0.132. The molecule has 0 heterocycles. The topological polar surface area (TPSA) is 37.3 Å². The standard InChI is InChI=1S/C15H20O2/c1-5-12(14(16)17)10-11-6-8-13(9-7-11)15(2,3)4/h6-10H,5H2,1-4H3,(H,16,17). The van der Waals surface area contributed by atoms with Crippen LogP contribution in [0.5, 0.6) is 0 Å². The summed E-state index contributed by atoms with van der Waals surface area (Å²) in [5, 5.41) is 8.95. The summed E-state index contributed by atoms with van der Waals surface area (Å²) in [4.78, 5) is 10.9. The lowest BCUT2D eigenvalue weighted by atomic mass is 9.86. The predicted molar refractivity (Wildman–Crippen MR) is 71.0 cm³/mol. The molecule has 1 aromatic carbocycles. The van der Waals surface area contributed by atoms with Crippen LogP contribution in [-0.2, 0) is 10.2 Å². The Kier molecular flexibility index (Phi) is 4.11. The number of carboxylic acid groups (broad SMARTS) is 1. The van der Waals surface area contributed by atoms with Crippen LogP contribution in [0.15, 0.2) is 29.8 Å². The maximum absolute atomic E-state index is 10.9. The Morgan fingerprint density at radius 2 is 1.76 bits per heavy atom. The van der Waals surface area contributed by atoms with E-state index in [4.69, 9.17) is 5.11 Å². The van der Waals surface area contributed by atoms with Crippen molar-refractivity contribution in [1.29, 1.82) is 0 Å². The van der Waals surface area contributed by atoms with Gasteiger partial charge in [0.15, 0.2) is 0 Å². The van der Waals surface area contributed by atoms with E-state index < -0.39 is 5.97 Å². The molecule has 2 heteroatoms. The van der Waals surface area contributed by atoms with E-state index in [2.05, 4.69) is 32.9 Å². The second-order valence-electron chi connectivity index (χ2n) is 5.20. The summed E-state index contributed by atoms with van der Waals surface area (Å²) in [6.45, 7) is 8.33. The molecular formula is C15H20O2. The molecule has 0 aromatic heterocycles. The average Bonchev–Trinajstić information content (AvgIpc) is 2.25. The maximum Gasteiger partial charge on any atom is 0.331 e. The Morgan fingerprint density at radius 1 is 1.24 bits per heavy atom. The molecule has 0 radical (unpaired) electrons. The van der Waals surface area contributed by atoms with E-state index >= 15 is 0 Å². The quantitative estimate of drug-likeness (QED) is 0.803. The van der Waals surface area contributed by atoms with Crippen LogP contribution in [0.1, 0.15) is 45.2 Å². The number of carboxylic acids is 1. The molecule has 0 fully saturated rings. The van der Waals surface area contributed by atoms with Gasteiger partial charge in [0.1, 0.15) is 0 Å². The highest BCUT2D eigenvalue weighted by molar-refractivity contribution is 5.92. The number of carbonyl (C=O) groups is 1. The largest absolute Gasteiger partial charge is 0.478 e. The fourth-order valence-corrected chi connectivity index (χ4v) is 1.60. The van der Waals surface area contributed by atoms with Gasteiger partial charge in [-0.2, -0.15) is 0 Å². The first kappa shape index (κ1) is 13.5. The van der Waals surface area contributed by atoms with Gasteiger partial charge in [-0.25, -0.2) is 4.79 Å². The Labute approximate surface area is 103 Å². The van der Waals surface area contributed by atoms with Crippen molar-refractivity contribution in [3.05, 3.63) is 41.0 Å². The van der Waals surface area contributed by atoms with Gasteiger partial charge in [0.25, 0.3) is 0 Å². The fourth-order valence-electron chi connectivity index (χ4n) is 1.60. The Bertz CT molecular complexity index is 419. The monoisotopic (exact) mass is 232 g/mol. The predicted octanol–water partition coefficient (Wildman–Crippen LogP) is 3.86. The van der Waals surface area contributed by atoms with Crippen LogP contribution in [-0.4, -0.2) is 11.1 Å². The van der Waals surface area contributed by atoms with E-state index in [9.17, 15) is 4.79 Å². The SMILES string of the molecule is CCC(=Cc1ccc(C(C)(C)C)cc1)C(=O)O. The summed E-state index contributed by atoms with van der Waals surface area (Å²) in [6, 6.07) is 8.06. The third-order valence-corrected chi connectivity index (χ3v) is 2.77. The van der Waals surface area contributed by atoms with E-state index in [1.165, 1.54) is 5.56 Å². The zero-order valence-corrected chi connectivity index (χ0v) is 10.9. The summed E-state index contributed by atoms with van der Waals surface area (Å²) in [7, 11) is 0. The summed E-state index contributed by atoms with van der Waals surface area (Å²) in [5.41, 5.74) is 2.76. The third-order valence-electron chi connectivity index (χ3n) is 2.77. The molecule has 0 amide bonds. The minimum atomic E-state index is -0.840. The highest BCUT2D eigenvalue weighted by Crippen LogP contribution is 2.22. The normalized spacial score (nSPS) is 12.6. The minimum absolute atomic E-state index is 0.128. The van der Waals surface area contributed by atoms with Gasteiger partial charge in [-0.3, -0.25) is 0 Å². The zero-order valence-electron chi connectivity index (χ0n) is 10.9. The van der Waals surface area contributed by atoms with Gasteiger partial charge in [-0.1, -0.05) is 52.0 Å². The Hall–Kier alpha value is -1.57. The first-order chi connectivity index (χ1) is 7.84. The van der Waals surface area contributed by atoms with Gasteiger partial charge < -0.3 is 5.11 Å². The second kappa shape index (κ2) is 5.17. The molecular weight excluding hydrogens is 212 g/mol. The van der Waals surface area contributed by atoms with Crippen LogP contribution in [0.3, 0.4) is 0 Å². The molecule has 0 spiro atoms. The van der Waals surface area contributed by atoms with E-state index in [1.54, 1.807) is 6.08 Å². The molecule has 17 heavy (non-hydrogen) atoms. The number of benzene rings is 1. The summed E-state index contributed by atoms with van der Waals surface area (Å²) in [6.07, 6.45) is 2.27. The van der Waals surface area contributed by atoms with Gasteiger partial charge in [-0.05, 0) is 29.0 Å². The smallest absolute Gasteiger partial charge is 0.331 e. The van der Waals surface area contributed by atoms with Crippen LogP contribution in [0, 0.1) is 0 Å². The van der Waals surface area contributed by atoms with Crippen LogP contribution >= 0.6 is 0 Å². The highest BCUT2D eigenvalue weighted by Gasteiger charge is 2.12. The lowest BCUT2D eigenvalue weighted by Crippen LogP contribution is -2.10. The van der Waals surface area contributed by atoms with Crippen molar-refractivity contribution < 1.29 is 9.90 Å². The van der Waals surface area contributed by atoms with Crippen molar-refractivity contribution in [3.63, 3.8) is 0 Å². The van der Waals surface area contributed by atoms with Crippen molar-refractivity contribution in [1.82, 2.24) is 0 Å².